The summed E-state index contributed by atoms with van der Waals surface area (Å²) in [6.45, 7) is 1.52. The topological polar surface area (TPSA) is 47.0 Å². The van der Waals surface area contributed by atoms with E-state index in [1.165, 1.54) is 18.3 Å². The third kappa shape index (κ3) is 2.85. The van der Waals surface area contributed by atoms with Gasteiger partial charge in [-0.05, 0) is 12.5 Å². The Balaban J connectivity index is 2.09. The van der Waals surface area contributed by atoms with E-state index in [2.05, 4.69) is 4.98 Å². The summed E-state index contributed by atoms with van der Waals surface area (Å²) in [6.07, 6.45) is 0.321. The van der Waals surface area contributed by atoms with Crippen LogP contribution in [-0.4, -0.2) is 16.6 Å². The first-order valence-corrected chi connectivity index (χ1v) is 6.12. The summed E-state index contributed by atoms with van der Waals surface area (Å²) in [4.78, 5) is 26.8. The fourth-order valence-electron chi connectivity index (χ4n) is 1.48. The molecule has 0 aliphatic rings. The molecule has 2 rings (SSSR count). The van der Waals surface area contributed by atoms with Crippen LogP contribution in [0.1, 0.15) is 33.3 Å². The highest BCUT2D eigenvalue weighted by molar-refractivity contribution is 7.07. The maximum absolute atomic E-state index is 11.8. The van der Waals surface area contributed by atoms with Gasteiger partial charge in [-0.1, -0.05) is 24.3 Å². The van der Waals surface area contributed by atoms with Gasteiger partial charge in [0, 0.05) is 17.4 Å². The molecule has 1 aromatic carbocycles. The van der Waals surface area contributed by atoms with Crippen molar-refractivity contribution in [2.45, 2.75) is 13.3 Å². The summed E-state index contributed by atoms with van der Waals surface area (Å²) < 4.78 is 0. The highest BCUT2D eigenvalue weighted by atomic mass is 32.1. The molecule has 17 heavy (non-hydrogen) atoms. The van der Waals surface area contributed by atoms with Gasteiger partial charge >= 0.3 is 0 Å². The zero-order chi connectivity index (χ0) is 12.3. The third-order valence-electron chi connectivity index (χ3n) is 2.44. The van der Waals surface area contributed by atoms with Crippen molar-refractivity contribution < 1.29 is 9.59 Å². The molecule has 4 heteroatoms. The van der Waals surface area contributed by atoms with Crippen molar-refractivity contribution in [2.24, 2.45) is 0 Å². The Labute approximate surface area is 103 Å². The molecule has 0 amide bonds. The largest absolute Gasteiger partial charge is 0.295 e. The third-order valence-corrected chi connectivity index (χ3v) is 3.03. The van der Waals surface area contributed by atoms with E-state index < -0.39 is 0 Å². The molecule has 0 spiro atoms. The number of hydrogen-bond acceptors (Lipinski definition) is 4. The Bertz CT molecular complexity index is 529. The van der Waals surface area contributed by atoms with Crippen LogP contribution in [-0.2, 0) is 6.42 Å². The summed E-state index contributed by atoms with van der Waals surface area (Å²) in [5, 5.41) is 1.74. The van der Waals surface area contributed by atoms with E-state index in [1.54, 1.807) is 35.2 Å². The quantitative estimate of drug-likeness (QED) is 0.778. The van der Waals surface area contributed by atoms with Gasteiger partial charge in [-0.15, -0.1) is 11.3 Å². The van der Waals surface area contributed by atoms with E-state index in [1.807, 2.05) is 0 Å². The molecule has 1 heterocycles. The summed E-state index contributed by atoms with van der Waals surface area (Å²) in [6, 6.07) is 7.10. The van der Waals surface area contributed by atoms with Crippen LogP contribution in [0.15, 0.2) is 35.2 Å². The van der Waals surface area contributed by atoms with Gasteiger partial charge < -0.3 is 0 Å². The van der Waals surface area contributed by atoms with E-state index in [-0.39, 0.29) is 11.6 Å². The van der Waals surface area contributed by atoms with Crippen LogP contribution in [0, 0.1) is 0 Å². The monoisotopic (exact) mass is 245 g/mol. The van der Waals surface area contributed by atoms with E-state index in [4.69, 9.17) is 0 Å². The number of benzene rings is 1. The molecule has 0 saturated heterocycles. The highest BCUT2D eigenvalue weighted by Gasteiger charge is 2.09. The van der Waals surface area contributed by atoms with Crippen molar-refractivity contribution in [3.05, 3.63) is 52.0 Å². The van der Waals surface area contributed by atoms with Crippen LogP contribution in [0.25, 0.3) is 0 Å². The van der Waals surface area contributed by atoms with E-state index in [0.29, 0.717) is 17.7 Å². The molecule has 0 fully saturated rings. The van der Waals surface area contributed by atoms with Gasteiger partial charge in [-0.2, -0.15) is 0 Å². The first-order valence-electron chi connectivity index (χ1n) is 5.18. The summed E-state index contributed by atoms with van der Waals surface area (Å²) >= 11 is 1.41. The van der Waals surface area contributed by atoms with Crippen LogP contribution in [0.3, 0.4) is 0 Å². The lowest BCUT2D eigenvalue weighted by Gasteiger charge is -2.00. The Kier molecular flexibility index (Phi) is 3.44. The van der Waals surface area contributed by atoms with Gasteiger partial charge in [-0.3, -0.25) is 9.59 Å². The Morgan fingerprint density at radius 1 is 1.24 bits per heavy atom. The Morgan fingerprint density at radius 3 is 2.47 bits per heavy atom. The fourth-order valence-corrected chi connectivity index (χ4v) is 2.04. The van der Waals surface area contributed by atoms with Gasteiger partial charge in [0.05, 0.1) is 5.51 Å². The van der Waals surface area contributed by atoms with Gasteiger partial charge in [0.15, 0.2) is 11.6 Å². The average molecular weight is 245 g/mol. The lowest BCUT2D eigenvalue weighted by atomic mass is 10.0. The van der Waals surface area contributed by atoms with Crippen molar-refractivity contribution in [1.82, 2.24) is 4.98 Å². The lowest BCUT2D eigenvalue weighted by molar-refractivity contribution is 0.0987. The number of thiazole rings is 1. The molecule has 0 saturated carbocycles. The number of carbonyl (C=O) groups is 2. The minimum absolute atomic E-state index is 0.00169. The Morgan fingerprint density at radius 2 is 1.94 bits per heavy atom. The van der Waals surface area contributed by atoms with Gasteiger partial charge in [0.25, 0.3) is 0 Å². The minimum atomic E-state index is 0.00169. The van der Waals surface area contributed by atoms with Gasteiger partial charge in [0.1, 0.15) is 5.69 Å². The molecule has 0 aliphatic carbocycles. The number of ketones is 2. The van der Waals surface area contributed by atoms with Crippen molar-refractivity contribution >= 4 is 22.9 Å². The van der Waals surface area contributed by atoms with Crippen molar-refractivity contribution in [1.29, 1.82) is 0 Å². The average Bonchev–Trinajstić information content (AvgIpc) is 2.83. The molecule has 0 aliphatic heterocycles. The number of carbonyl (C=O) groups excluding carboxylic acids is 2. The maximum Gasteiger partial charge on any atom is 0.186 e. The van der Waals surface area contributed by atoms with Gasteiger partial charge in [-0.25, -0.2) is 4.98 Å². The molecule has 0 bridgehead atoms. The number of rotatable bonds is 4. The molecule has 0 unspecified atom stereocenters. The number of aromatic nitrogens is 1. The van der Waals surface area contributed by atoms with Crippen LogP contribution in [0.4, 0.5) is 0 Å². The predicted octanol–water partition coefficient (Wildman–Crippen LogP) is 2.77. The standard InChI is InChI=1S/C13H11NO2S/c1-9(15)11-4-2-10(3-5-11)6-13(16)12-7-17-8-14-12/h2-5,7-8H,6H2,1H3. The van der Waals surface area contributed by atoms with Crippen LogP contribution in [0.5, 0.6) is 0 Å². The molecule has 2 aromatic rings. The molecule has 86 valence electrons. The minimum Gasteiger partial charge on any atom is -0.295 e. The fraction of sp³-hybridized carbons (Fsp3) is 0.154. The van der Waals surface area contributed by atoms with E-state index in [9.17, 15) is 9.59 Å². The first-order chi connectivity index (χ1) is 8.16. The number of Topliss-reactive ketones (excluding diaryl/α,β-unsaturated/α-hetero) is 2. The molecule has 3 nitrogen and oxygen atoms in total. The molecule has 1 aromatic heterocycles. The molecule has 0 atom stereocenters. The maximum atomic E-state index is 11.8. The molecule has 0 N–H and O–H groups in total. The summed E-state index contributed by atoms with van der Waals surface area (Å²) in [5.41, 5.74) is 3.71. The highest BCUT2D eigenvalue weighted by Crippen LogP contribution is 2.10. The normalized spacial score (nSPS) is 10.2. The predicted molar refractivity (Wildman–Crippen MR) is 66.6 cm³/mol. The van der Waals surface area contributed by atoms with Crippen molar-refractivity contribution in [2.75, 3.05) is 0 Å². The molecule has 0 radical (unpaired) electrons. The van der Waals surface area contributed by atoms with E-state index in [0.717, 1.165) is 5.56 Å². The van der Waals surface area contributed by atoms with Crippen LogP contribution < -0.4 is 0 Å². The zero-order valence-electron chi connectivity index (χ0n) is 9.34. The Hall–Kier alpha value is -1.81. The van der Waals surface area contributed by atoms with Crippen LogP contribution >= 0.6 is 11.3 Å². The zero-order valence-corrected chi connectivity index (χ0v) is 10.2. The first kappa shape index (κ1) is 11.7. The second-order valence-electron chi connectivity index (χ2n) is 3.73. The van der Waals surface area contributed by atoms with Gasteiger partial charge in [0.2, 0.25) is 0 Å². The summed E-state index contributed by atoms with van der Waals surface area (Å²) in [5.74, 6) is 0.0317. The van der Waals surface area contributed by atoms with Crippen LogP contribution in [0.2, 0.25) is 0 Å². The number of hydrogen-bond donors (Lipinski definition) is 0. The van der Waals surface area contributed by atoms with Crippen molar-refractivity contribution in [3.8, 4) is 0 Å². The molecular formula is C13H11NO2S. The smallest absolute Gasteiger partial charge is 0.186 e. The number of nitrogens with zero attached hydrogens (tertiary/aromatic N) is 1. The second kappa shape index (κ2) is 5.01. The molecular weight excluding hydrogens is 234 g/mol. The SMILES string of the molecule is CC(=O)c1ccc(CC(=O)c2cscn2)cc1. The summed E-state index contributed by atoms with van der Waals surface area (Å²) in [7, 11) is 0. The second-order valence-corrected chi connectivity index (χ2v) is 4.45. The lowest BCUT2D eigenvalue weighted by Crippen LogP contribution is -2.04. The van der Waals surface area contributed by atoms with Crippen molar-refractivity contribution in [3.63, 3.8) is 0 Å². The van der Waals surface area contributed by atoms with E-state index >= 15 is 0 Å².